The number of unbranched alkanes of at least 4 members (excludes halogenated alkanes) is 1. The molecule has 0 radical (unpaired) electrons. The second-order valence-corrected chi connectivity index (χ2v) is 5.15. The smallest absolute Gasteiger partial charge is 0.317 e. The van der Waals surface area contributed by atoms with E-state index in [1.807, 2.05) is 4.90 Å². The van der Waals surface area contributed by atoms with Crippen molar-refractivity contribution in [3.8, 4) is 0 Å². The summed E-state index contributed by atoms with van der Waals surface area (Å²) >= 11 is 0. The van der Waals surface area contributed by atoms with Crippen LogP contribution in [0.1, 0.15) is 26.2 Å². The molecule has 2 aliphatic rings. The maximum Gasteiger partial charge on any atom is 0.317 e. The van der Waals surface area contributed by atoms with E-state index in [1.54, 1.807) is 4.90 Å². The highest BCUT2D eigenvalue weighted by Crippen LogP contribution is 2.20. The Morgan fingerprint density at radius 2 is 2.17 bits per heavy atom. The number of hydrogen-bond donors (Lipinski definition) is 2. The summed E-state index contributed by atoms with van der Waals surface area (Å²) in [4.78, 5) is 26.9. The van der Waals surface area contributed by atoms with Crippen LogP contribution in [0, 0.1) is 0 Å². The maximum absolute atomic E-state index is 11.7. The van der Waals surface area contributed by atoms with E-state index in [0.717, 1.165) is 19.4 Å². The van der Waals surface area contributed by atoms with Gasteiger partial charge in [-0.15, -0.1) is 0 Å². The largest absolute Gasteiger partial charge is 0.338 e. The predicted octanol–water partition coefficient (Wildman–Crippen LogP) is -0.260. The maximum atomic E-state index is 11.7. The SMILES string of the molecule is CCCCNC(=O)N1CC(N2CC(N)CC2=O)C1. The van der Waals surface area contributed by atoms with Crippen molar-refractivity contribution in [2.45, 2.75) is 38.3 Å². The first-order chi connectivity index (χ1) is 8.61. The van der Waals surface area contributed by atoms with E-state index in [9.17, 15) is 9.59 Å². The molecule has 2 heterocycles. The third-order valence-corrected chi connectivity index (χ3v) is 3.59. The molecule has 2 aliphatic heterocycles. The lowest BCUT2D eigenvalue weighted by molar-refractivity contribution is -0.132. The fraction of sp³-hybridized carbons (Fsp3) is 0.833. The molecule has 0 aromatic carbocycles. The number of urea groups is 1. The van der Waals surface area contributed by atoms with Crippen molar-refractivity contribution in [2.75, 3.05) is 26.2 Å². The Kier molecular flexibility index (Phi) is 4.06. The fourth-order valence-electron chi connectivity index (χ4n) is 2.42. The summed E-state index contributed by atoms with van der Waals surface area (Å²) in [5, 5.41) is 2.88. The van der Waals surface area contributed by atoms with E-state index < -0.39 is 0 Å². The van der Waals surface area contributed by atoms with E-state index in [2.05, 4.69) is 12.2 Å². The number of hydrogen-bond acceptors (Lipinski definition) is 3. The minimum Gasteiger partial charge on any atom is -0.338 e. The zero-order chi connectivity index (χ0) is 13.1. The van der Waals surface area contributed by atoms with Crippen LogP contribution in [0.25, 0.3) is 0 Å². The van der Waals surface area contributed by atoms with E-state index in [4.69, 9.17) is 5.73 Å². The van der Waals surface area contributed by atoms with Crippen LogP contribution in [0.2, 0.25) is 0 Å². The summed E-state index contributed by atoms with van der Waals surface area (Å²) in [7, 11) is 0. The molecule has 0 aliphatic carbocycles. The first-order valence-corrected chi connectivity index (χ1v) is 6.69. The molecule has 0 aromatic heterocycles. The monoisotopic (exact) mass is 254 g/mol. The van der Waals surface area contributed by atoms with Gasteiger partial charge in [0.25, 0.3) is 0 Å². The van der Waals surface area contributed by atoms with Gasteiger partial charge in [0, 0.05) is 38.6 Å². The van der Waals surface area contributed by atoms with Crippen molar-refractivity contribution in [2.24, 2.45) is 5.73 Å². The van der Waals surface area contributed by atoms with Gasteiger partial charge in [-0.1, -0.05) is 13.3 Å². The highest BCUT2D eigenvalue weighted by molar-refractivity contribution is 5.80. The van der Waals surface area contributed by atoms with Gasteiger partial charge in [-0.3, -0.25) is 4.79 Å². The van der Waals surface area contributed by atoms with Gasteiger partial charge >= 0.3 is 6.03 Å². The Labute approximate surface area is 107 Å². The molecule has 0 spiro atoms. The van der Waals surface area contributed by atoms with E-state index >= 15 is 0 Å². The summed E-state index contributed by atoms with van der Waals surface area (Å²) in [5.41, 5.74) is 5.75. The molecule has 6 heteroatoms. The van der Waals surface area contributed by atoms with Crippen molar-refractivity contribution in [1.29, 1.82) is 0 Å². The zero-order valence-corrected chi connectivity index (χ0v) is 10.9. The minimum atomic E-state index is -0.0371. The van der Waals surface area contributed by atoms with Crippen LogP contribution in [-0.2, 0) is 4.79 Å². The van der Waals surface area contributed by atoms with Gasteiger partial charge in [0.1, 0.15) is 0 Å². The number of amides is 3. The predicted molar refractivity (Wildman–Crippen MR) is 68.0 cm³/mol. The molecule has 1 atom stereocenters. The van der Waals surface area contributed by atoms with Crippen LogP contribution >= 0.6 is 0 Å². The van der Waals surface area contributed by atoms with Crippen LogP contribution < -0.4 is 11.1 Å². The Hall–Kier alpha value is -1.30. The Morgan fingerprint density at radius 1 is 1.44 bits per heavy atom. The van der Waals surface area contributed by atoms with Crippen molar-refractivity contribution in [3.63, 3.8) is 0 Å². The van der Waals surface area contributed by atoms with Crippen LogP contribution in [0.15, 0.2) is 0 Å². The summed E-state index contributed by atoms with van der Waals surface area (Å²) in [6, 6.07) is 0.114. The van der Waals surface area contributed by atoms with Crippen LogP contribution in [0.4, 0.5) is 4.79 Å². The number of likely N-dealkylation sites (tertiary alicyclic amines) is 2. The molecule has 0 bridgehead atoms. The third-order valence-electron chi connectivity index (χ3n) is 3.59. The summed E-state index contributed by atoms with van der Waals surface area (Å²) < 4.78 is 0. The van der Waals surface area contributed by atoms with Gasteiger partial charge in [-0.25, -0.2) is 4.79 Å². The van der Waals surface area contributed by atoms with Gasteiger partial charge in [0.15, 0.2) is 0 Å². The van der Waals surface area contributed by atoms with E-state index in [1.165, 1.54) is 0 Å². The fourth-order valence-corrected chi connectivity index (χ4v) is 2.42. The number of carbonyl (C=O) groups is 2. The quantitative estimate of drug-likeness (QED) is 0.678. The molecule has 0 aromatic rings. The molecule has 102 valence electrons. The van der Waals surface area contributed by atoms with Gasteiger partial charge in [-0.05, 0) is 6.42 Å². The van der Waals surface area contributed by atoms with Crippen LogP contribution in [0.3, 0.4) is 0 Å². The molecule has 2 rings (SSSR count). The lowest BCUT2D eigenvalue weighted by Gasteiger charge is -2.43. The summed E-state index contributed by atoms with van der Waals surface area (Å²) in [6.45, 7) is 4.72. The molecule has 3 amide bonds. The van der Waals surface area contributed by atoms with E-state index in [0.29, 0.717) is 26.1 Å². The second kappa shape index (κ2) is 5.56. The first-order valence-electron chi connectivity index (χ1n) is 6.69. The number of carbonyl (C=O) groups excluding carboxylic acids is 2. The highest BCUT2D eigenvalue weighted by Gasteiger charge is 2.40. The topological polar surface area (TPSA) is 78.7 Å². The van der Waals surface area contributed by atoms with E-state index in [-0.39, 0.29) is 24.0 Å². The second-order valence-electron chi connectivity index (χ2n) is 5.15. The number of rotatable bonds is 4. The van der Waals surface area contributed by atoms with Crippen molar-refractivity contribution < 1.29 is 9.59 Å². The number of nitrogens with zero attached hydrogens (tertiary/aromatic N) is 2. The Bertz CT molecular complexity index is 328. The third kappa shape index (κ3) is 2.75. The Morgan fingerprint density at radius 3 is 2.72 bits per heavy atom. The molecule has 18 heavy (non-hydrogen) atoms. The van der Waals surface area contributed by atoms with Gasteiger partial charge < -0.3 is 20.9 Å². The average Bonchev–Trinajstić information content (AvgIpc) is 2.56. The molecular weight excluding hydrogens is 232 g/mol. The van der Waals surface area contributed by atoms with Crippen molar-refractivity contribution >= 4 is 11.9 Å². The molecular formula is C12H22N4O2. The molecule has 6 nitrogen and oxygen atoms in total. The number of nitrogens with one attached hydrogen (secondary N) is 1. The first kappa shape index (κ1) is 13.1. The van der Waals surface area contributed by atoms with Gasteiger partial charge in [-0.2, -0.15) is 0 Å². The zero-order valence-electron chi connectivity index (χ0n) is 10.9. The molecule has 0 saturated carbocycles. The highest BCUT2D eigenvalue weighted by atomic mass is 16.2. The number of nitrogens with two attached hydrogens (primary N) is 1. The van der Waals surface area contributed by atoms with Gasteiger partial charge in [0.05, 0.1) is 6.04 Å². The van der Waals surface area contributed by atoms with Crippen LogP contribution in [-0.4, -0.2) is 60.0 Å². The lowest BCUT2D eigenvalue weighted by atomic mass is 10.1. The standard InChI is InChI=1S/C12H22N4O2/c1-2-3-4-14-12(18)15-7-10(8-15)16-6-9(13)5-11(16)17/h9-10H,2-8,13H2,1H3,(H,14,18). The lowest BCUT2D eigenvalue weighted by Crippen LogP contribution is -2.63. The van der Waals surface area contributed by atoms with Crippen molar-refractivity contribution in [3.05, 3.63) is 0 Å². The average molecular weight is 254 g/mol. The normalized spacial score (nSPS) is 24.3. The molecule has 2 saturated heterocycles. The molecule has 3 N–H and O–H groups in total. The Balaban J connectivity index is 1.70. The summed E-state index contributed by atoms with van der Waals surface area (Å²) in [5.74, 6) is 0.124. The molecule has 1 unspecified atom stereocenters. The minimum absolute atomic E-state index is 0.0179. The van der Waals surface area contributed by atoms with Gasteiger partial charge in [0.2, 0.25) is 5.91 Å². The molecule has 2 fully saturated rings. The summed E-state index contributed by atoms with van der Waals surface area (Å²) in [6.07, 6.45) is 2.52. The van der Waals surface area contributed by atoms with Crippen LogP contribution in [0.5, 0.6) is 0 Å². The van der Waals surface area contributed by atoms with Crippen molar-refractivity contribution in [1.82, 2.24) is 15.1 Å².